The number of nitrogens with one attached hydrogen (secondary N) is 2. The highest BCUT2D eigenvalue weighted by Crippen LogP contribution is 2.02. The van der Waals surface area contributed by atoms with Gasteiger partial charge in [0, 0.05) is 18.0 Å². The Morgan fingerprint density at radius 3 is 2.83 bits per heavy atom. The summed E-state index contributed by atoms with van der Waals surface area (Å²) in [6.45, 7) is 4.92. The van der Waals surface area contributed by atoms with Crippen molar-refractivity contribution >= 4 is 10.0 Å². The van der Waals surface area contributed by atoms with Gasteiger partial charge in [-0.05, 0) is 19.4 Å². The third-order valence-corrected chi connectivity index (χ3v) is 2.95. The molecule has 1 aliphatic rings. The Bertz CT molecular complexity index is 242. The average Bonchev–Trinajstić information content (AvgIpc) is 2.06. The van der Waals surface area contributed by atoms with Crippen LogP contribution in [0.15, 0.2) is 12.0 Å². The van der Waals surface area contributed by atoms with Crippen LogP contribution in [-0.4, -0.2) is 27.5 Å². The minimum atomic E-state index is -3.25. The molecule has 0 saturated carbocycles. The van der Waals surface area contributed by atoms with E-state index >= 15 is 0 Å². The van der Waals surface area contributed by atoms with Gasteiger partial charge in [-0.25, -0.2) is 13.1 Å². The molecule has 5 heteroatoms. The van der Waals surface area contributed by atoms with Crippen molar-refractivity contribution in [2.24, 2.45) is 0 Å². The van der Waals surface area contributed by atoms with Crippen molar-refractivity contribution in [3.05, 3.63) is 12.0 Å². The summed E-state index contributed by atoms with van der Waals surface area (Å²) in [6, 6.07) is 0.0294. The van der Waals surface area contributed by atoms with E-state index in [1.54, 1.807) is 0 Å². The minimum Gasteiger partial charge on any atom is -0.315 e. The third-order valence-electron chi connectivity index (χ3n) is 1.85. The van der Waals surface area contributed by atoms with E-state index in [-0.39, 0.29) is 6.04 Å². The zero-order valence-corrected chi connectivity index (χ0v) is 7.73. The second-order valence-electron chi connectivity index (χ2n) is 2.87. The molecule has 4 nitrogen and oxygen atoms in total. The summed E-state index contributed by atoms with van der Waals surface area (Å²) in [7, 11) is -3.25. The van der Waals surface area contributed by atoms with Crippen molar-refractivity contribution < 1.29 is 8.42 Å². The van der Waals surface area contributed by atoms with Gasteiger partial charge in [-0.15, -0.1) is 0 Å². The highest BCUT2D eigenvalue weighted by atomic mass is 32.2. The lowest BCUT2D eigenvalue weighted by Crippen LogP contribution is -2.44. The molecule has 1 aliphatic heterocycles. The van der Waals surface area contributed by atoms with Gasteiger partial charge in [0.2, 0.25) is 10.0 Å². The fraction of sp³-hybridized carbons (Fsp3) is 0.714. The summed E-state index contributed by atoms with van der Waals surface area (Å²) >= 11 is 0. The van der Waals surface area contributed by atoms with Crippen molar-refractivity contribution in [1.29, 1.82) is 0 Å². The SMILES string of the molecule is C=CS(=O)(=O)NC1CCCNC1. The molecule has 0 spiro atoms. The fourth-order valence-electron chi connectivity index (χ4n) is 1.23. The lowest BCUT2D eigenvalue weighted by Gasteiger charge is -2.22. The van der Waals surface area contributed by atoms with Crippen molar-refractivity contribution in [3.8, 4) is 0 Å². The van der Waals surface area contributed by atoms with Crippen LogP contribution in [0.4, 0.5) is 0 Å². The van der Waals surface area contributed by atoms with Crippen LogP contribution < -0.4 is 10.0 Å². The molecule has 0 bridgehead atoms. The van der Waals surface area contributed by atoms with Gasteiger partial charge < -0.3 is 5.32 Å². The summed E-state index contributed by atoms with van der Waals surface area (Å²) in [5, 5.41) is 4.07. The summed E-state index contributed by atoms with van der Waals surface area (Å²) in [5.74, 6) is 0. The smallest absolute Gasteiger partial charge is 0.233 e. The molecule has 1 heterocycles. The van der Waals surface area contributed by atoms with Crippen molar-refractivity contribution in [2.75, 3.05) is 13.1 Å². The monoisotopic (exact) mass is 190 g/mol. The summed E-state index contributed by atoms with van der Waals surface area (Å²) in [5.41, 5.74) is 0. The van der Waals surface area contributed by atoms with E-state index in [0.717, 1.165) is 24.8 Å². The number of rotatable bonds is 3. The predicted molar refractivity (Wildman–Crippen MR) is 48.1 cm³/mol. The minimum absolute atomic E-state index is 0.0294. The summed E-state index contributed by atoms with van der Waals surface area (Å²) in [4.78, 5) is 0. The van der Waals surface area contributed by atoms with Crippen molar-refractivity contribution in [2.45, 2.75) is 18.9 Å². The molecule has 0 amide bonds. The van der Waals surface area contributed by atoms with Gasteiger partial charge in [-0.2, -0.15) is 0 Å². The first-order valence-corrected chi connectivity index (χ1v) is 5.54. The Balaban J connectivity index is 2.44. The lowest BCUT2D eigenvalue weighted by molar-refractivity contribution is 0.430. The van der Waals surface area contributed by atoms with Crippen LogP contribution in [0.25, 0.3) is 0 Å². The van der Waals surface area contributed by atoms with Gasteiger partial charge in [-0.3, -0.25) is 0 Å². The first-order valence-electron chi connectivity index (χ1n) is 3.99. The van der Waals surface area contributed by atoms with Crippen LogP contribution in [-0.2, 0) is 10.0 Å². The fourth-order valence-corrected chi connectivity index (χ4v) is 1.99. The van der Waals surface area contributed by atoms with Gasteiger partial charge in [0.15, 0.2) is 0 Å². The molecule has 1 fully saturated rings. The van der Waals surface area contributed by atoms with Gasteiger partial charge in [0.1, 0.15) is 0 Å². The number of hydrogen-bond donors (Lipinski definition) is 2. The van der Waals surface area contributed by atoms with E-state index in [9.17, 15) is 8.42 Å². The van der Waals surface area contributed by atoms with Gasteiger partial charge in [0.25, 0.3) is 0 Å². The predicted octanol–water partition coefficient (Wildman–Crippen LogP) is -0.199. The Hall–Kier alpha value is -0.390. The molecular formula is C7H14N2O2S. The highest BCUT2D eigenvalue weighted by Gasteiger charge is 2.16. The second-order valence-corrected chi connectivity index (χ2v) is 4.53. The van der Waals surface area contributed by atoms with Crippen LogP contribution >= 0.6 is 0 Å². The molecule has 2 N–H and O–H groups in total. The summed E-state index contributed by atoms with van der Waals surface area (Å²) in [6.07, 6.45) is 1.92. The number of piperidine rings is 1. The third kappa shape index (κ3) is 2.92. The van der Waals surface area contributed by atoms with Crippen molar-refractivity contribution in [1.82, 2.24) is 10.0 Å². The maximum Gasteiger partial charge on any atom is 0.233 e. The van der Waals surface area contributed by atoms with Gasteiger partial charge in [-0.1, -0.05) is 6.58 Å². The Morgan fingerprint density at radius 1 is 1.58 bits per heavy atom. The summed E-state index contributed by atoms with van der Waals surface area (Å²) < 4.78 is 24.6. The standard InChI is InChI=1S/C7H14N2O2S/c1-2-12(10,11)9-7-4-3-5-8-6-7/h2,7-9H,1,3-6H2. The molecule has 70 valence electrons. The topological polar surface area (TPSA) is 58.2 Å². The van der Waals surface area contributed by atoms with Crippen molar-refractivity contribution in [3.63, 3.8) is 0 Å². The van der Waals surface area contributed by atoms with E-state index in [4.69, 9.17) is 0 Å². The van der Waals surface area contributed by atoms with Gasteiger partial charge >= 0.3 is 0 Å². The molecule has 0 aromatic rings. The Kier molecular flexibility index (Phi) is 3.25. The zero-order valence-electron chi connectivity index (χ0n) is 6.91. The Labute approximate surface area is 73.1 Å². The maximum atomic E-state index is 11.0. The molecule has 0 radical (unpaired) electrons. The van der Waals surface area contributed by atoms with Crippen LogP contribution in [0.1, 0.15) is 12.8 Å². The highest BCUT2D eigenvalue weighted by molar-refractivity contribution is 7.92. The normalized spacial score (nSPS) is 25.2. The lowest BCUT2D eigenvalue weighted by atomic mass is 10.1. The molecule has 12 heavy (non-hydrogen) atoms. The number of hydrogen-bond acceptors (Lipinski definition) is 3. The molecule has 1 unspecified atom stereocenters. The van der Waals surface area contributed by atoms with Crippen LogP contribution in [0.3, 0.4) is 0 Å². The molecule has 0 aromatic carbocycles. The first-order chi connectivity index (χ1) is 5.64. The van der Waals surface area contributed by atoms with Crippen LogP contribution in [0.5, 0.6) is 0 Å². The molecule has 0 aromatic heterocycles. The number of sulfonamides is 1. The van der Waals surface area contributed by atoms with Crippen LogP contribution in [0, 0.1) is 0 Å². The maximum absolute atomic E-state index is 11.0. The van der Waals surface area contributed by atoms with E-state index < -0.39 is 10.0 Å². The van der Waals surface area contributed by atoms with E-state index in [1.165, 1.54) is 0 Å². The molecule has 0 aliphatic carbocycles. The molecular weight excluding hydrogens is 176 g/mol. The van der Waals surface area contributed by atoms with Gasteiger partial charge in [0.05, 0.1) is 0 Å². The Morgan fingerprint density at radius 2 is 2.33 bits per heavy atom. The molecule has 1 atom stereocenters. The second kappa shape index (κ2) is 4.02. The zero-order chi connectivity index (χ0) is 9.03. The largest absolute Gasteiger partial charge is 0.315 e. The quantitative estimate of drug-likeness (QED) is 0.648. The van der Waals surface area contributed by atoms with Crippen LogP contribution in [0.2, 0.25) is 0 Å². The molecule has 1 saturated heterocycles. The molecule has 1 rings (SSSR count). The van der Waals surface area contributed by atoms with E-state index in [2.05, 4.69) is 16.6 Å². The average molecular weight is 190 g/mol. The van der Waals surface area contributed by atoms with E-state index in [0.29, 0.717) is 6.54 Å². The van der Waals surface area contributed by atoms with E-state index in [1.807, 2.05) is 0 Å². The first kappa shape index (κ1) is 9.70.